The van der Waals surface area contributed by atoms with E-state index in [1.165, 1.54) is 0 Å². The number of thioether (sulfide) groups is 1. The molecule has 0 aliphatic rings. The average Bonchev–Trinajstić information content (AvgIpc) is 2.18. The van der Waals surface area contributed by atoms with E-state index < -0.39 is 0 Å². The van der Waals surface area contributed by atoms with Gasteiger partial charge in [-0.05, 0) is 23.8 Å². The second-order valence-corrected chi connectivity index (χ2v) is 4.85. The number of carbonyl (C=O) groups is 1. The molecule has 0 unspecified atom stereocenters. The van der Waals surface area contributed by atoms with Crippen LogP contribution in [0.1, 0.15) is 13.8 Å². The number of carbonyl (C=O) groups excluding carboxylic acids is 1. The predicted molar refractivity (Wildman–Crippen MR) is 67.2 cm³/mol. The molecule has 3 heteroatoms. The molecule has 0 radical (unpaired) electrons. The van der Waals surface area contributed by atoms with E-state index in [9.17, 15) is 4.79 Å². The third kappa shape index (κ3) is 5.47. The maximum Gasteiger partial charge on any atom is 0.234 e. The summed E-state index contributed by atoms with van der Waals surface area (Å²) in [6.45, 7) is 4.31. The van der Waals surface area contributed by atoms with Crippen molar-refractivity contribution in [1.29, 1.82) is 0 Å². The highest BCUT2D eigenvalue weighted by atomic mass is 32.2. The van der Waals surface area contributed by atoms with Crippen molar-refractivity contribution in [2.24, 2.45) is 5.92 Å². The fourth-order valence-electron chi connectivity index (χ4n) is 1.11. The summed E-state index contributed by atoms with van der Waals surface area (Å²) in [6, 6.07) is 9.55. The van der Waals surface area contributed by atoms with E-state index in [-0.39, 0.29) is 5.91 Å². The summed E-state index contributed by atoms with van der Waals surface area (Å²) in [4.78, 5) is 11.5. The third-order valence-electron chi connectivity index (χ3n) is 1.74. The molecule has 82 valence electrons. The van der Waals surface area contributed by atoms with Crippen molar-refractivity contribution < 1.29 is 4.79 Å². The lowest BCUT2D eigenvalue weighted by atomic mass is 10.3. The molecule has 2 nitrogen and oxygen atoms in total. The Morgan fingerprint density at radius 1 is 1.33 bits per heavy atom. The standard InChI is InChI=1S/C12H17NOS/c1-10(2)8-15-9-12(14)13-11-6-4-3-5-7-11/h3-7,10H,8-9H2,1-2H3,(H,13,14). The smallest absolute Gasteiger partial charge is 0.234 e. The zero-order valence-electron chi connectivity index (χ0n) is 9.19. The molecule has 1 aromatic rings. The number of anilines is 1. The number of para-hydroxylation sites is 1. The fourth-order valence-corrected chi connectivity index (χ4v) is 1.95. The highest BCUT2D eigenvalue weighted by molar-refractivity contribution is 7.99. The Bertz CT molecular complexity index is 298. The van der Waals surface area contributed by atoms with Gasteiger partial charge in [0, 0.05) is 5.69 Å². The van der Waals surface area contributed by atoms with Gasteiger partial charge in [-0.1, -0.05) is 32.0 Å². The minimum absolute atomic E-state index is 0.0758. The van der Waals surface area contributed by atoms with Crippen molar-refractivity contribution in [1.82, 2.24) is 0 Å². The van der Waals surface area contributed by atoms with E-state index in [1.807, 2.05) is 30.3 Å². The molecule has 0 aliphatic heterocycles. The SMILES string of the molecule is CC(C)CSCC(=O)Nc1ccccc1. The third-order valence-corrected chi connectivity index (χ3v) is 3.11. The summed E-state index contributed by atoms with van der Waals surface area (Å²) < 4.78 is 0. The van der Waals surface area contributed by atoms with Gasteiger partial charge in [0.1, 0.15) is 0 Å². The summed E-state index contributed by atoms with van der Waals surface area (Å²) in [7, 11) is 0. The first-order chi connectivity index (χ1) is 7.18. The molecular weight excluding hydrogens is 206 g/mol. The van der Waals surface area contributed by atoms with Crippen LogP contribution >= 0.6 is 11.8 Å². The van der Waals surface area contributed by atoms with Crippen molar-refractivity contribution in [3.8, 4) is 0 Å². The molecule has 1 rings (SSSR count). The molecular formula is C12H17NOS. The molecule has 0 aliphatic carbocycles. The van der Waals surface area contributed by atoms with Gasteiger partial charge >= 0.3 is 0 Å². The Kier molecular flexibility index (Phi) is 5.26. The zero-order valence-corrected chi connectivity index (χ0v) is 10.0. The fraction of sp³-hybridized carbons (Fsp3) is 0.417. The van der Waals surface area contributed by atoms with Crippen molar-refractivity contribution in [3.05, 3.63) is 30.3 Å². The monoisotopic (exact) mass is 223 g/mol. The van der Waals surface area contributed by atoms with E-state index in [4.69, 9.17) is 0 Å². The minimum atomic E-state index is 0.0758. The molecule has 1 N–H and O–H groups in total. The number of benzene rings is 1. The van der Waals surface area contributed by atoms with Gasteiger partial charge in [-0.3, -0.25) is 4.79 Å². The van der Waals surface area contributed by atoms with Crippen molar-refractivity contribution >= 4 is 23.4 Å². The van der Waals surface area contributed by atoms with Crippen LogP contribution < -0.4 is 5.32 Å². The topological polar surface area (TPSA) is 29.1 Å². The van der Waals surface area contributed by atoms with Crippen LogP contribution in [0.4, 0.5) is 5.69 Å². The van der Waals surface area contributed by atoms with Crippen LogP contribution in [0.15, 0.2) is 30.3 Å². The lowest BCUT2D eigenvalue weighted by molar-refractivity contribution is -0.113. The summed E-state index contributed by atoms with van der Waals surface area (Å²) in [5.41, 5.74) is 0.868. The largest absolute Gasteiger partial charge is 0.325 e. The molecule has 1 amide bonds. The molecule has 0 atom stereocenters. The Morgan fingerprint density at radius 3 is 2.60 bits per heavy atom. The van der Waals surface area contributed by atoms with E-state index in [2.05, 4.69) is 19.2 Å². The first-order valence-corrected chi connectivity index (χ1v) is 6.26. The van der Waals surface area contributed by atoms with Gasteiger partial charge < -0.3 is 5.32 Å². The molecule has 0 saturated heterocycles. The molecule has 0 bridgehead atoms. The van der Waals surface area contributed by atoms with Gasteiger partial charge in [-0.25, -0.2) is 0 Å². The van der Waals surface area contributed by atoms with Crippen molar-refractivity contribution in [2.75, 3.05) is 16.8 Å². The molecule has 0 saturated carbocycles. The van der Waals surface area contributed by atoms with Crippen molar-refractivity contribution in [2.45, 2.75) is 13.8 Å². The van der Waals surface area contributed by atoms with Crippen LogP contribution in [0, 0.1) is 5.92 Å². The Balaban J connectivity index is 2.25. The van der Waals surface area contributed by atoms with Gasteiger partial charge in [0.05, 0.1) is 5.75 Å². The van der Waals surface area contributed by atoms with Gasteiger partial charge in [0.15, 0.2) is 0 Å². The maximum absolute atomic E-state index is 11.5. The van der Waals surface area contributed by atoms with Crippen LogP contribution in [0.2, 0.25) is 0 Å². The lowest BCUT2D eigenvalue weighted by Gasteiger charge is -2.06. The number of nitrogens with one attached hydrogen (secondary N) is 1. The van der Waals surface area contributed by atoms with E-state index in [0.717, 1.165) is 11.4 Å². The average molecular weight is 223 g/mol. The first kappa shape index (κ1) is 12.1. The highest BCUT2D eigenvalue weighted by Gasteiger charge is 2.02. The van der Waals surface area contributed by atoms with Gasteiger partial charge in [-0.2, -0.15) is 11.8 Å². The number of hydrogen-bond acceptors (Lipinski definition) is 2. The second-order valence-electron chi connectivity index (χ2n) is 3.82. The molecule has 0 fully saturated rings. The minimum Gasteiger partial charge on any atom is -0.325 e. The number of hydrogen-bond donors (Lipinski definition) is 1. The normalized spacial score (nSPS) is 10.3. The molecule has 1 aromatic carbocycles. The second kappa shape index (κ2) is 6.51. The summed E-state index contributed by atoms with van der Waals surface area (Å²) in [5.74, 6) is 2.28. The molecule has 0 aromatic heterocycles. The first-order valence-electron chi connectivity index (χ1n) is 5.11. The zero-order chi connectivity index (χ0) is 11.1. The van der Waals surface area contributed by atoms with Crippen LogP contribution in [-0.4, -0.2) is 17.4 Å². The summed E-state index contributed by atoms with van der Waals surface area (Å²) in [6.07, 6.45) is 0. The predicted octanol–water partition coefficient (Wildman–Crippen LogP) is 3.01. The van der Waals surface area contributed by atoms with Crippen LogP contribution in [-0.2, 0) is 4.79 Å². The van der Waals surface area contributed by atoms with Gasteiger partial charge in [0.2, 0.25) is 5.91 Å². The molecule has 15 heavy (non-hydrogen) atoms. The quantitative estimate of drug-likeness (QED) is 0.831. The van der Waals surface area contributed by atoms with E-state index in [1.54, 1.807) is 11.8 Å². The number of rotatable bonds is 5. The van der Waals surface area contributed by atoms with Gasteiger partial charge in [0.25, 0.3) is 0 Å². The maximum atomic E-state index is 11.5. The van der Waals surface area contributed by atoms with Crippen LogP contribution in [0.3, 0.4) is 0 Å². The van der Waals surface area contributed by atoms with Crippen LogP contribution in [0.5, 0.6) is 0 Å². The molecule has 0 spiro atoms. The summed E-state index contributed by atoms with van der Waals surface area (Å²) >= 11 is 1.68. The Morgan fingerprint density at radius 2 is 2.00 bits per heavy atom. The van der Waals surface area contributed by atoms with E-state index in [0.29, 0.717) is 11.7 Å². The lowest BCUT2D eigenvalue weighted by Crippen LogP contribution is -2.14. The summed E-state index contributed by atoms with van der Waals surface area (Å²) in [5, 5.41) is 2.86. The molecule has 0 heterocycles. The Hall–Kier alpha value is -0.960. The van der Waals surface area contributed by atoms with E-state index >= 15 is 0 Å². The van der Waals surface area contributed by atoms with Gasteiger partial charge in [-0.15, -0.1) is 0 Å². The Labute approximate surface area is 95.5 Å². The number of amides is 1. The highest BCUT2D eigenvalue weighted by Crippen LogP contribution is 2.09. The van der Waals surface area contributed by atoms with Crippen LogP contribution in [0.25, 0.3) is 0 Å². The van der Waals surface area contributed by atoms with Crippen molar-refractivity contribution in [3.63, 3.8) is 0 Å².